The summed E-state index contributed by atoms with van der Waals surface area (Å²) in [6, 6.07) is 3.08. The second kappa shape index (κ2) is 7.84. The molecule has 0 unspecified atom stereocenters. The van der Waals surface area contributed by atoms with Crippen LogP contribution in [0.3, 0.4) is 0 Å². The largest absolute Gasteiger partial charge is 0.397 e. The molecule has 3 N–H and O–H groups in total. The number of benzene rings is 1. The highest BCUT2D eigenvalue weighted by Crippen LogP contribution is 2.32. The van der Waals surface area contributed by atoms with Crippen LogP contribution < -0.4 is 11.1 Å². The van der Waals surface area contributed by atoms with E-state index < -0.39 is 0 Å². The van der Waals surface area contributed by atoms with Crippen molar-refractivity contribution in [2.75, 3.05) is 30.9 Å². The molecule has 21 heavy (non-hydrogen) atoms. The van der Waals surface area contributed by atoms with Gasteiger partial charge in [0.1, 0.15) is 0 Å². The van der Waals surface area contributed by atoms with E-state index in [1.807, 2.05) is 0 Å². The number of halogens is 2. The van der Waals surface area contributed by atoms with Crippen LogP contribution in [-0.2, 0) is 14.3 Å². The van der Waals surface area contributed by atoms with Crippen molar-refractivity contribution in [3.8, 4) is 0 Å². The zero-order valence-corrected chi connectivity index (χ0v) is 13.0. The zero-order valence-electron chi connectivity index (χ0n) is 11.5. The molecule has 5 nitrogen and oxygen atoms in total. The Hall–Kier alpha value is -1.01. The van der Waals surface area contributed by atoms with Gasteiger partial charge in [0.15, 0.2) is 0 Å². The van der Waals surface area contributed by atoms with Crippen LogP contribution in [0, 0.1) is 0 Å². The molecule has 1 fully saturated rings. The van der Waals surface area contributed by atoms with Crippen LogP contribution in [0.15, 0.2) is 12.1 Å². The van der Waals surface area contributed by atoms with Gasteiger partial charge in [0.2, 0.25) is 5.91 Å². The van der Waals surface area contributed by atoms with Gasteiger partial charge in [-0.3, -0.25) is 4.79 Å². The van der Waals surface area contributed by atoms with Gasteiger partial charge in [-0.25, -0.2) is 0 Å². The van der Waals surface area contributed by atoms with Crippen LogP contribution in [0.1, 0.15) is 19.3 Å². The molecule has 116 valence electrons. The topological polar surface area (TPSA) is 73.6 Å². The molecule has 7 heteroatoms. The Balaban J connectivity index is 1.79. The Bertz CT molecular complexity index is 482. The zero-order chi connectivity index (χ0) is 15.2. The first-order chi connectivity index (χ1) is 10.1. The maximum Gasteiger partial charge on any atom is 0.226 e. The number of nitrogens with one attached hydrogen (secondary N) is 1. The van der Waals surface area contributed by atoms with Crippen molar-refractivity contribution in [1.82, 2.24) is 0 Å². The summed E-state index contributed by atoms with van der Waals surface area (Å²) in [5.41, 5.74) is 6.51. The van der Waals surface area contributed by atoms with Gasteiger partial charge in [-0.1, -0.05) is 23.2 Å². The predicted molar refractivity (Wildman–Crippen MR) is 83.9 cm³/mol. The smallest absolute Gasteiger partial charge is 0.226 e. The van der Waals surface area contributed by atoms with E-state index in [0.29, 0.717) is 41.2 Å². The Morgan fingerprint density at radius 1 is 1.38 bits per heavy atom. The summed E-state index contributed by atoms with van der Waals surface area (Å²) in [4.78, 5) is 11.9. The Morgan fingerprint density at radius 3 is 2.76 bits per heavy atom. The number of carbonyl (C=O) groups excluding carboxylic acids is 1. The summed E-state index contributed by atoms with van der Waals surface area (Å²) < 4.78 is 10.9. The van der Waals surface area contributed by atoms with Gasteiger partial charge in [-0.2, -0.15) is 0 Å². The predicted octanol–water partition coefficient (Wildman–Crippen LogP) is 3.10. The molecule has 1 aromatic carbocycles. The second-order valence-electron chi connectivity index (χ2n) is 4.83. The van der Waals surface area contributed by atoms with E-state index in [4.69, 9.17) is 38.4 Å². The Kier molecular flexibility index (Phi) is 6.11. The van der Waals surface area contributed by atoms with E-state index in [1.54, 1.807) is 6.07 Å². The molecule has 1 amide bonds. The average Bonchev–Trinajstić information content (AvgIpc) is 2.44. The van der Waals surface area contributed by atoms with Crippen molar-refractivity contribution in [2.24, 2.45) is 0 Å². The van der Waals surface area contributed by atoms with Crippen LogP contribution in [0.4, 0.5) is 11.4 Å². The van der Waals surface area contributed by atoms with E-state index in [9.17, 15) is 4.79 Å². The summed E-state index contributed by atoms with van der Waals surface area (Å²) in [7, 11) is 0. The number of nitrogen functional groups attached to an aromatic ring is 1. The van der Waals surface area contributed by atoms with Crippen molar-refractivity contribution in [2.45, 2.75) is 25.4 Å². The first-order valence-corrected chi connectivity index (χ1v) is 7.55. The highest BCUT2D eigenvalue weighted by Gasteiger charge is 2.15. The molecule has 0 atom stereocenters. The average molecular weight is 333 g/mol. The molecular formula is C14H18Cl2N2O3. The SMILES string of the molecule is Nc1cc(Cl)cc(Cl)c1NC(=O)CCOC1CCOCC1. The van der Waals surface area contributed by atoms with Crippen LogP contribution in [0.5, 0.6) is 0 Å². The lowest BCUT2D eigenvalue weighted by Gasteiger charge is -2.22. The minimum atomic E-state index is -0.196. The lowest BCUT2D eigenvalue weighted by atomic mass is 10.1. The third kappa shape index (κ3) is 5.04. The van der Waals surface area contributed by atoms with E-state index in [2.05, 4.69) is 5.32 Å². The molecule has 1 heterocycles. The van der Waals surface area contributed by atoms with Crippen LogP contribution >= 0.6 is 23.2 Å². The van der Waals surface area contributed by atoms with E-state index in [1.165, 1.54) is 6.07 Å². The van der Waals surface area contributed by atoms with Crippen LogP contribution in [0.25, 0.3) is 0 Å². The van der Waals surface area contributed by atoms with E-state index in [0.717, 1.165) is 12.8 Å². The molecule has 0 saturated carbocycles. The summed E-state index contributed by atoms with van der Waals surface area (Å²) >= 11 is 11.8. The standard InChI is InChI=1S/C14H18Cl2N2O3/c15-9-7-11(16)14(12(17)8-9)18-13(19)3-6-21-10-1-4-20-5-2-10/h7-8,10H,1-6,17H2,(H,18,19). The molecule has 1 saturated heterocycles. The van der Waals surface area contributed by atoms with E-state index >= 15 is 0 Å². The molecule has 1 aromatic rings. The number of ether oxygens (including phenoxy) is 2. The van der Waals surface area contributed by atoms with Crippen molar-refractivity contribution in [3.05, 3.63) is 22.2 Å². The van der Waals surface area contributed by atoms with Gasteiger partial charge in [0, 0.05) is 18.2 Å². The van der Waals surface area contributed by atoms with Crippen molar-refractivity contribution in [3.63, 3.8) is 0 Å². The van der Waals surface area contributed by atoms with Gasteiger partial charge in [0.05, 0.1) is 35.5 Å². The number of anilines is 2. The van der Waals surface area contributed by atoms with Gasteiger partial charge >= 0.3 is 0 Å². The number of nitrogens with two attached hydrogens (primary N) is 1. The Morgan fingerprint density at radius 2 is 2.10 bits per heavy atom. The lowest BCUT2D eigenvalue weighted by molar-refractivity contribution is -0.118. The molecule has 0 bridgehead atoms. The van der Waals surface area contributed by atoms with Crippen molar-refractivity contribution in [1.29, 1.82) is 0 Å². The summed E-state index contributed by atoms with van der Waals surface area (Å²) in [6.45, 7) is 1.79. The first kappa shape index (κ1) is 16.4. The van der Waals surface area contributed by atoms with Crippen LogP contribution in [0.2, 0.25) is 10.0 Å². The fourth-order valence-corrected chi connectivity index (χ4v) is 2.64. The second-order valence-corrected chi connectivity index (χ2v) is 5.68. The molecule has 0 aromatic heterocycles. The van der Waals surface area contributed by atoms with Gasteiger partial charge < -0.3 is 20.5 Å². The van der Waals surface area contributed by atoms with Crippen LogP contribution in [-0.4, -0.2) is 31.8 Å². The third-order valence-corrected chi connectivity index (χ3v) is 3.72. The fourth-order valence-electron chi connectivity index (χ4n) is 2.09. The van der Waals surface area contributed by atoms with Gasteiger partial charge in [-0.05, 0) is 25.0 Å². The molecule has 1 aliphatic rings. The molecule has 0 radical (unpaired) electrons. The monoisotopic (exact) mass is 332 g/mol. The molecule has 2 rings (SSSR count). The summed E-state index contributed by atoms with van der Waals surface area (Å²) in [5, 5.41) is 3.43. The molecule has 0 aliphatic carbocycles. The maximum absolute atomic E-state index is 11.9. The maximum atomic E-state index is 11.9. The molecule has 0 spiro atoms. The fraction of sp³-hybridized carbons (Fsp3) is 0.500. The molecular weight excluding hydrogens is 315 g/mol. The first-order valence-electron chi connectivity index (χ1n) is 6.80. The number of hydrogen-bond donors (Lipinski definition) is 2. The summed E-state index contributed by atoms with van der Waals surface area (Å²) in [5.74, 6) is -0.196. The minimum absolute atomic E-state index is 0.177. The third-order valence-electron chi connectivity index (χ3n) is 3.20. The van der Waals surface area contributed by atoms with Crippen molar-refractivity contribution < 1.29 is 14.3 Å². The van der Waals surface area contributed by atoms with Gasteiger partial charge in [-0.15, -0.1) is 0 Å². The highest BCUT2D eigenvalue weighted by molar-refractivity contribution is 6.37. The molecule has 1 aliphatic heterocycles. The number of rotatable bonds is 5. The normalized spacial score (nSPS) is 15.9. The quantitative estimate of drug-likeness (QED) is 0.812. The lowest BCUT2D eigenvalue weighted by Crippen LogP contribution is -2.25. The van der Waals surface area contributed by atoms with Gasteiger partial charge in [0.25, 0.3) is 0 Å². The number of carbonyl (C=O) groups is 1. The number of amides is 1. The summed E-state index contributed by atoms with van der Waals surface area (Å²) in [6.07, 6.45) is 2.17. The Labute approximate surface area is 133 Å². The minimum Gasteiger partial charge on any atom is -0.397 e. The van der Waals surface area contributed by atoms with Crippen molar-refractivity contribution >= 4 is 40.5 Å². The number of hydrogen-bond acceptors (Lipinski definition) is 4. The van der Waals surface area contributed by atoms with E-state index in [-0.39, 0.29) is 18.4 Å². The highest BCUT2D eigenvalue weighted by atomic mass is 35.5.